The van der Waals surface area contributed by atoms with Crippen LogP contribution in [0.4, 0.5) is 0 Å². The Bertz CT molecular complexity index is 695. The van der Waals surface area contributed by atoms with E-state index in [0.717, 1.165) is 42.7 Å². The zero-order chi connectivity index (χ0) is 15.7. The van der Waals surface area contributed by atoms with Crippen molar-refractivity contribution in [3.05, 3.63) is 23.5 Å². The second kappa shape index (κ2) is 8.65. The van der Waals surface area contributed by atoms with E-state index < -0.39 is 0 Å². The lowest BCUT2D eigenvalue weighted by molar-refractivity contribution is 0.0932. The predicted molar refractivity (Wildman–Crippen MR) is 101 cm³/mol. The van der Waals surface area contributed by atoms with E-state index in [4.69, 9.17) is 0 Å². The largest absolute Gasteiger partial charge is 0.348 e. The quantitative estimate of drug-likeness (QED) is 0.867. The molecule has 1 atom stereocenters. The number of amides is 1. The van der Waals surface area contributed by atoms with Gasteiger partial charge in [-0.15, -0.1) is 24.8 Å². The Hall–Kier alpha value is -1.37. The van der Waals surface area contributed by atoms with E-state index in [-0.39, 0.29) is 42.8 Å². The van der Waals surface area contributed by atoms with E-state index in [1.165, 1.54) is 0 Å². The lowest BCUT2D eigenvalue weighted by Crippen LogP contribution is -2.45. The molecule has 0 aliphatic carbocycles. The summed E-state index contributed by atoms with van der Waals surface area (Å²) in [6.45, 7) is 7.90. The average Bonchev–Trinajstić information content (AvgIpc) is 2.91. The molecule has 0 radical (unpaired) electrons. The minimum Gasteiger partial charge on any atom is -0.348 e. The molecule has 3 rings (SSSR count). The number of piperidine rings is 1. The standard InChI is InChI=1S/C16H23N5O.2ClH/c1-10(2)21-15-14(9-18-21)13(7-11(3)19-15)16(22)20-12-5-4-6-17-8-12;;/h7,9-10,12,17H,4-6,8H2,1-3H3,(H,20,22);2*1H/t12-;;/m0../s1. The molecular weight excluding hydrogens is 349 g/mol. The Labute approximate surface area is 154 Å². The van der Waals surface area contributed by atoms with Gasteiger partial charge in [0, 0.05) is 24.3 Å². The SMILES string of the molecule is Cc1cc(C(=O)N[C@H]2CCCNC2)c2cnn(C(C)C)c2n1.Cl.Cl. The van der Waals surface area contributed by atoms with Crippen LogP contribution in [-0.2, 0) is 0 Å². The van der Waals surface area contributed by atoms with Crippen molar-refractivity contribution in [2.45, 2.75) is 45.7 Å². The van der Waals surface area contributed by atoms with Gasteiger partial charge in [-0.1, -0.05) is 0 Å². The molecule has 8 heteroatoms. The number of rotatable bonds is 3. The predicted octanol–water partition coefficient (Wildman–Crippen LogP) is 2.65. The van der Waals surface area contributed by atoms with Gasteiger partial charge in [0.1, 0.15) is 0 Å². The van der Waals surface area contributed by atoms with E-state index >= 15 is 0 Å². The summed E-state index contributed by atoms with van der Waals surface area (Å²) in [5.74, 6) is -0.0347. The minimum absolute atomic E-state index is 0. The van der Waals surface area contributed by atoms with E-state index in [0.29, 0.717) is 5.56 Å². The summed E-state index contributed by atoms with van der Waals surface area (Å²) >= 11 is 0. The Kier molecular flexibility index (Phi) is 7.45. The third kappa shape index (κ3) is 4.18. The van der Waals surface area contributed by atoms with Crippen LogP contribution in [0.1, 0.15) is 48.8 Å². The molecule has 1 aliphatic rings. The zero-order valence-corrected chi connectivity index (χ0v) is 15.8. The number of nitrogens with zero attached hydrogens (tertiary/aromatic N) is 3. The number of fused-ring (bicyclic) bond motifs is 1. The van der Waals surface area contributed by atoms with E-state index in [1.807, 2.05) is 17.7 Å². The molecule has 2 aromatic heterocycles. The van der Waals surface area contributed by atoms with Gasteiger partial charge < -0.3 is 10.6 Å². The van der Waals surface area contributed by atoms with Crippen molar-refractivity contribution < 1.29 is 4.79 Å². The fourth-order valence-electron chi connectivity index (χ4n) is 2.95. The summed E-state index contributed by atoms with van der Waals surface area (Å²) in [6, 6.07) is 2.26. The highest BCUT2D eigenvalue weighted by atomic mass is 35.5. The van der Waals surface area contributed by atoms with Gasteiger partial charge in [-0.2, -0.15) is 5.10 Å². The summed E-state index contributed by atoms with van der Waals surface area (Å²) < 4.78 is 1.86. The number of hydrogen-bond donors (Lipinski definition) is 2. The Balaban J connectivity index is 0.00000144. The molecule has 0 aromatic carbocycles. The van der Waals surface area contributed by atoms with Crippen molar-refractivity contribution in [3.63, 3.8) is 0 Å². The summed E-state index contributed by atoms with van der Waals surface area (Å²) in [7, 11) is 0. The van der Waals surface area contributed by atoms with Gasteiger partial charge in [0.15, 0.2) is 5.65 Å². The molecular formula is C16H25Cl2N5O. The first kappa shape index (κ1) is 20.7. The number of nitrogens with one attached hydrogen (secondary N) is 2. The monoisotopic (exact) mass is 373 g/mol. The highest BCUT2D eigenvalue weighted by molar-refractivity contribution is 6.05. The maximum atomic E-state index is 12.7. The first-order valence-electron chi connectivity index (χ1n) is 7.92. The first-order chi connectivity index (χ1) is 10.6. The molecule has 0 saturated carbocycles. The Morgan fingerprint density at radius 1 is 1.42 bits per heavy atom. The van der Waals surface area contributed by atoms with Gasteiger partial charge in [0.2, 0.25) is 0 Å². The van der Waals surface area contributed by atoms with Crippen LogP contribution in [0.3, 0.4) is 0 Å². The highest BCUT2D eigenvalue weighted by Crippen LogP contribution is 2.21. The molecule has 2 N–H and O–H groups in total. The number of aromatic nitrogens is 3. The summed E-state index contributed by atoms with van der Waals surface area (Å²) in [5.41, 5.74) is 2.28. The van der Waals surface area contributed by atoms with Crippen molar-refractivity contribution in [3.8, 4) is 0 Å². The van der Waals surface area contributed by atoms with E-state index in [2.05, 4.69) is 34.6 Å². The second-order valence-electron chi connectivity index (χ2n) is 6.25. The Morgan fingerprint density at radius 3 is 2.79 bits per heavy atom. The number of carbonyl (C=O) groups is 1. The fourth-order valence-corrected chi connectivity index (χ4v) is 2.95. The smallest absolute Gasteiger partial charge is 0.252 e. The normalized spacial score (nSPS) is 17.2. The van der Waals surface area contributed by atoms with Crippen LogP contribution < -0.4 is 10.6 Å². The number of carbonyl (C=O) groups excluding carboxylic acids is 1. The average molecular weight is 374 g/mol. The van der Waals surface area contributed by atoms with Gasteiger partial charge in [-0.25, -0.2) is 9.67 Å². The van der Waals surface area contributed by atoms with Crippen molar-refractivity contribution in [2.75, 3.05) is 13.1 Å². The maximum absolute atomic E-state index is 12.7. The molecule has 6 nitrogen and oxygen atoms in total. The minimum atomic E-state index is -0.0347. The van der Waals surface area contributed by atoms with Crippen LogP contribution >= 0.6 is 24.8 Å². The molecule has 134 valence electrons. The van der Waals surface area contributed by atoms with Crippen LogP contribution in [0, 0.1) is 6.92 Å². The Morgan fingerprint density at radius 2 is 2.17 bits per heavy atom. The molecule has 1 amide bonds. The highest BCUT2D eigenvalue weighted by Gasteiger charge is 2.20. The molecule has 0 unspecified atom stereocenters. The molecule has 1 fully saturated rings. The van der Waals surface area contributed by atoms with Crippen LogP contribution in [0.25, 0.3) is 11.0 Å². The second-order valence-corrected chi connectivity index (χ2v) is 6.25. The van der Waals surface area contributed by atoms with Crippen molar-refractivity contribution >= 4 is 41.8 Å². The van der Waals surface area contributed by atoms with Gasteiger partial charge in [-0.3, -0.25) is 4.79 Å². The lowest BCUT2D eigenvalue weighted by atomic mass is 10.1. The van der Waals surface area contributed by atoms with E-state index in [1.54, 1.807) is 6.20 Å². The van der Waals surface area contributed by atoms with Crippen LogP contribution in [0.2, 0.25) is 0 Å². The number of aryl methyl sites for hydroxylation is 1. The molecule has 1 aliphatic heterocycles. The summed E-state index contributed by atoms with van der Waals surface area (Å²) in [5, 5.41) is 11.7. The third-order valence-corrected chi connectivity index (χ3v) is 4.06. The van der Waals surface area contributed by atoms with Crippen molar-refractivity contribution in [1.29, 1.82) is 0 Å². The molecule has 2 aromatic rings. The van der Waals surface area contributed by atoms with E-state index in [9.17, 15) is 4.79 Å². The number of pyridine rings is 1. The number of halogens is 2. The number of hydrogen-bond acceptors (Lipinski definition) is 4. The van der Waals surface area contributed by atoms with Gasteiger partial charge in [0.25, 0.3) is 5.91 Å². The van der Waals surface area contributed by atoms with Gasteiger partial charge in [0.05, 0.1) is 17.1 Å². The van der Waals surface area contributed by atoms with Crippen LogP contribution in [-0.4, -0.2) is 39.8 Å². The van der Waals surface area contributed by atoms with Crippen molar-refractivity contribution in [1.82, 2.24) is 25.4 Å². The summed E-state index contributed by atoms with van der Waals surface area (Å²) in [6.07, 6.45) is 3.87. The first-order valence-corrected chi connectivity index (χ1v) is 7.92. The third-order valence-electron chi connectivity index (χ3n) is 4.06. The van der Waals surface area contributed by atoms with Gasteiger partial charge in [-0.05, 0) is 46.2 Å². The molecule has 24 heavy (non-hydrogen) atoms. The molecule has 1 saturated heterocycles. The summed E-state index contributed by atoms with van der Waals surface area (Å²) in [4.78, 5) is 17.2. The topological polar surface area (TPSA) is 71.8 Å². The fraction of sp³-hybridized carbons (Fsp3) is 0.562. The van der Waals surface area contributed by atoms with Crippen LogP contribution in [0.5, 0.6) is 0 Å². The lowest BCUT2D eigenvalue weighted by Gasteiger charge is -2.24. The molecule has 0 spiro atoms. The molecule has 0 bridgehead atoms. The maximum Gasteiger partial charge on any atom is 0.252 e. The zero-order valence-electron chi connectivity index (χ0n) is 14.2. The van der Waals surface area contributed by atoms with Crippen LogP contribution in [0.15, 0.2) is 12.3 Å². The molecule has 3 heterocycles. The van der Waals surface area contributed by atoms with Gasteiger partial charge >= 0.3 is 0 Å². The van der Waals surface area contributed by atoms with Crippen molar-refractivity contribution in [2.24, 2.45) is 0 Å².